The summed E-state index contributed by atoms with van der Waals surface area (Å²) in [5.41, 5.74) is 3.43. The van der Waals surface area contributed by atoms with E-state index >= 15 is 0 Å². The Morgan fingerprint density at radius 3 is 2.59 bits per heavy atom. The van der Waals surface area contributed by atoms with Gasteiger partial charge < -0.3 is 10.6 Å². The molecular formula is C22H28N4O2S. The number of nitrogens with zero attached hydrogens (tertiary/aromatic N) is 2. The number of nitrogens with one attached hydrogen (secondary N) is 2. The molecule has 1 aromatic heterocycles. The second-order valence-corrected chi connectivity index (χ2v) is 9.24. The Labute approximate surface area is 175 Å². The van der Waals surface area contributed by atoms with Crippen LogP contribution in [0.3, 0.4) is 0 Å². The van der Waals surface area contributed by atoms with E-state index in [-0.39, 0.29) is 17.7 Å². The number of likely N-dealkylation sites (tertiary alicyclic amines) is 1. The highest BCUT2D eigenvalue weighted by Gasteiger charge is 2.27. The number of amides is 2. The molecule has 2 amide bonds. The van der Waals surface area contributed by atoms with E-state index in [1.807, 2.05) is 26.0 Å². The molecule has 0 radical (unpaired) electrons. The van der Waals surface area contributed by atoms with Gasteiger partial charge in [-0.05, 0) is 70.3 Å². The number of anilines is 1. The Hall–Kier alpha value is -2.25. The van der Waals surface area contributed by atoms with Crippen LogP contribution in [0.5, 0.6) is 0 Å². The van der Waals surface area contributed by atoms with Crippen LogP contribution >= 0.6 is 11.3 Å². The van der Waals surface area contributed by atoms with Crippen LogP contribution in [0.1, 0.15) is 52.3 Å². The van der Waals surface area contributed by atoms with Gasteiger partial charge in [0, 0.05) is 35.1 Å². The lowest BCUT2D eigenvalue weighted by molar-refractivity contribution is -0.121. The molecule has 1 aliphatic heterocycles. The van der Waals surface area contributed by atoms with Crippen LogP contribution in [0.15, 0.2) is 23.6 Å². The summed E-state index contributed by atoms with van der Waals surface area (Å²) in [7, 11) is 0. The third kappa shape index (κ3) is 5.22. The van der Waals surface area contributed by atoms with Crippen molar-refractivity contribution in [2.24, 2.45) is 5.92 Å². The van der Waals surface area contributed by atoms with Gasteiger partial charge >= 0.3 is 0 Å². The number of carbonyl (C=O) groups is 2. The van der Waals surface area contributed by atoms with Gasteiger partial charge in [0.1, 0.15) is 0 Å². The molecule has 6 nitrogen and oxygen atoms in total. The number of aromatic nitrogens is 1. The fraction of sp³-hybridized carbons (Fsp3) is 0.500. The number of rotatable bonds is 6. The lowest BCUT2D eigenvalue weighted by Gasteiger charge is -2.30. The smallest absolute Gasteiger partial charge is 0.251 e. The van der Waals surface area contributed by atoms with Crippen molar-refractivity contribution >= 4 is 28.8 Å². The molecule has 1 aliphatic carbocycles. The predicted octanol–water partition coefficient (Wildman–Crippen LogP) is 3.50. The fourth-order valence-electron chi connectivity index (χ4n) is 3.69. The van der Waals surface area contributed by atoms with Crippen LogP contribution in [-0.4, -0.2) is 40.8 Å². The van der Waals surface area contributed by atoms with Gasteiger partial charge in [0.25, 0.3) is 5.91 Å². The van der Waals surface area contributed by atoms with Gasteiger partial charge in [-0.2, -0.15) is 0 Å². The molecule has 29 heavy (non-hydrogen) atoms. The highest BCUT2D eigenvalue weighted by molar-refractivity contribution is 7.09. The second-order valence-electron chi connectivity index (χ2n) is 8.17. The van der Waals surface area contributed by atoms with Gasteiger partial charge in [0.2, 0.25) is 5.91 Å². The van der Waals surface area contributed by atoms with E-state index in [0.717, 1.165) is 67.3 Å². The first-order valence-electron chi connectivity index (χ1n) is 10.3. The van der Waals surface area contributed by atoms with Crippen molar-refractivity contribution in [3.63, 3.8) is 0 Å². The Bertz CT molecular complexity index is 898. The Balaban J connectivity index is 1.31. The normalized spacial score (nSPS) is 17.9. The van der Waals surface area contributed by atoms with Gasteiger partial charge in [-0.15, -0.1) is 11.3 Å². The van der Waals surface area contributed by atoms with Crippen LogP contribution in [0.2, 0.25) is 0 Å². The van der Waals surface area contributed by atoms with Crippen LogP contribution in [0.25, 0.3) is 0 Å². The van der Waals surface area contributed by atoms with Gasteiger partial charge in [0.15, 0.2) is 0 Å². The first-order chi connectivity index (χ1) is 14.0. The molecule has 0 bridgehead atoms. The van der Waals surface area contributed by atoms with Crippen molar-refractivity contribution in [1.82, 2.24) is 15.2 Å². The first kappa shape index (κ1) is 20.0. The molecule has 1 saturated carbocycles. The molecule has 2 N–H and O–H groups in total. The molecule has 0 atom stereocenters. The topological polar surface area (TPSA) is 74.3 Å². The molecule has 2 heterocycles. The van der Waals surface area contributed by atoms with Crippen molar-refractivity contribution in [3.05, 3.63) is 45.4 Å². The van der Waals surface area contributed by atoms with E-state index in [9.17, 15) is 9.59 Å². The van der Waals surface area contributed by atoms with Crippen LogP contribution in [-0.2, 0) is 11.3 Å². The SMILES string of the molecule is Cc1nc(CN2CCC(C(=O)Nc3cc(C(=O)NC4CC4)ccc3C)CC2)cs1. The fourth-order valence-corrected chi connectivity index (χ4v) is 4.30. The minimum atomic E-state index is -0.0615. The maximum Gasteiger partial charge on any atom is 0.251 e. The Kier molecular flexibility index (Phi) is 5.96. The summed E-state index contributed by atoms with van der Waals surface area (Å²) < 4.78 is 0. The zero-order chi connectivity index (χ0) is 20.4. The predicted molar refractivity (Wildman–Crippen MR) is 115 cm³/mol. The summed E-state index contributed by atoms with van der Waals surface area (Å²) in [4.78, 5) is 32.0. The minimum Gasteiger partial charge on any atom is -0.349 e. The van der Waals surface area contributed by atoms with E-state index in [0.29, 0.717) is 11.6 Å². The third-order valence-electron chi connectivity index (χ3n) is 5.68. The van der Waals surface area contributed by atoms with Crippen molar-refractivity contribution in [2.75, 3.05) is 18.4 Å². The van der Waals surface area contributed by atoms with E-state index in [1.165, 1.54) is 0 Å². The number of benzene rings is 1. The van der Waals surface area contributed by atoms with Gasteiger partial charge in [-0.25, -0.2) is 4.98 Å². The van der Waals surface area contributed by atoms with Crippen molar-refractivity contribution in [1.29, 1.82) is 0 Å². The Morgan fingerprint density at radius 2 is 1.93 bits per heavy atom. The molecular weight excluding hydrogens is 384 g/mol. The average Bonchev–Trinajstić information content (AvgIpc) is 3.43. The average molecular weight is 413 g/mol. The van der Waals surface area contributed by atoms with E-state index in [2.05, 4.69) is 25.9 Å². The molecule has 0 spiro atoms. The van der Waals surface area contributed by atoms with Gasteiger partial charge in [-0.1, -0.05) is 6.07 Å². The molecule has 2 fully saturated rings. The summed E-state index contributed by atoms with van der Waals surface area (Å²) in [5.74, 6) is -0.00245. The quantitative estimate of drug-likeness (QED) is 0.762. The monoisotopic (exact) mass is 412 g/mol. The standard InChI is InChI=1S/C22H28N4O2S/c1-14-3-4-17(22(28)24-18-5-6-18)11-20(14)25-21(27)16-7-9-26(10-8-16)12-19-13-29-15(2)23-19/h3-4,11,13,16,18H,5-10,12H2,1-2H3,(H,24,28)(H,25,27). The molecule has 0 unspecified atom stereocenters. The molecule has 7 heteroatoms. The Morgan fingerprint density at radius 1 is 1.17 bits per heavy atom. The highest BCUT2D eigenvalue weighted by atomic mass is 32.1. The maximum absolute atomic E-state index is 12.8. The minimum absolute atomic E-state index is 0.00627. The molecule has 1 aromatic carbocycles. The van der Waals surface area contributed by atoms with Crippen LogP contribution in [0.4, 0.5) is 5.69 Å². The summed E-state index contributed by atoms with van der Waals surface area (Å²) in [5, 5.41) is 9.27. The maximum atomic E-state index is 12.8. The summed E-state index contributed by atoms with van der Waals surface area (Å²) in [6, 6.07) is 5.84. The van der Waals surface area contributed by atoms with Gasteiger partial charge in [-0.3, -0.25) is 14.5 Å². The number of piperidine rings is 1. The molecule has 2 aliphatic rings. The number of hydrogen-bond acceptors (Lipinski definition) is 5. The highest BCUT2D eigenvalue weighted by Crippen LogP contribution is 2.24. The van der Waals surface area contributed by atoms with E-state index < -0.39 is 0 Å². The molecule has 2 aromatic rings. The number of carbonyl (C=O) groups excluding carboxylic acids is 2. The van der Waals surface area contributed by atoms with Crippen molar-refractivity contribution < 1.29 is 9.59 Å². The summed E-state index contributed by atoms with van der Waals surface area (Å²) in [6.07, 6.45) is 3.80. The van der Waals surface area contributed by atoms with Gasteiger partial charge in [0.05, 0.1) is 10.7 Å². The molecule has 4 rings (SSSR count). The van der Waals surface area contributed by atoms with Crippen molar-refractivity contribution in [2.45, 2.75) is 52.1 Å². The largest absolute Gasteiger partial charge is 0.349 e. The zero-order valence-electron chi connectivity index (χ0n) is 17.0. The lowest BCUT2D eigenvalue weighted by Crippen LogP contribution is -2.38. The van der Waals surface area contributed by atoms with E-state index in [1.54, 1.807) is 17.4 Å². The number of thiazole rings is 1. The first-order valence-corrected chi connectivity index (χ1v) is 11.2. The van der Waals surface area contributed by atoms with Crippen molar-refractivity contribution in [3.8, 4) is 0 Å². The van der Waals surface area contributed by atoms with E-state index in [4.69, 9.17) is 0 Å². The van der Waals surface area contributed by atoms with Crippen LogP contribution in [0, 0.1) is 19.8 Å². The zero-order valence-corrected chi connectivity index (χ0v) is 17.8. The lowest BCUT2D eigenvalue weighted by atomic mass is 9.95. The second kappa shape index (κ2) is 8.63. The number of aryl methyl sites for hydroxylation is 2. The number of hydrogen-bond donors (Lipinski definition) is 2. The summed E-state index contributed by atoms with van der Waals surface area (Å²) >= 11 is 1.68. The van der Waals surface area contributed by atoms with Crippen LogP contribution < -0.4 is 10.6 Å². The third-order valence-corrected chi connectivity index (χ3v) is 6.50. The molecule has 154 valence electrons. The summed E-state index contributed by atoms with van der Waals surface area (Å²) in [6.45, 7) is 6.64. The molecule has 1 saturated heterocycles.